The molecule has 0 aliphatic carbocycles. The molecule has 0 aromatic heterocycles. The fourth-order valence-electron chi connectivity index (χ4n) is 3.42. The minimum atomic E-state index is -4.18. The second-order valence-corrected chi connectivity index (χ2v) is 10.1. The van der Waals surface area contributed by atoms with Gasteiger partial charge < -0.3 is 10.2 Å². The highest BCUT2D eigenvalue weighted by molar-refractivity contribution is 7.90. The molecule has 1 atom stereocenters. The molecule has 0 saturated heterocycles. The minimum absolute atomic E-state index is 0.00175. The largest absolute Gasteiger partial charge is 0.354 e. The smallest absolute Gasteiger partial charge is 0.269 e. The van der Waals surface area contributed by atoms with Crippen molar-refractivity contribution < 1.29 is 27.2 Å². The zero-order chi connectivity index (χ0) is 24.3. The molecule has 10 heteroatoms. The molecular formula is C23H26FN3O5S. The average Bonchev–Trinajstić information content (AvgIpc) is 2.97. The number of halogens is 1. The van der Waals surface area contributed by atoms with Crippen LogP contribution in [-0.4, -0.2) is 54.5 Å². The van der Waals surface area contributed by atoms with E-state index in [-0.39, 0.29) is 22.9 Å². The summed E-state index contributed by atoms with van der Waals surface area (Å²) in [6.45, 7) is 4.95. The molecule has 2 aromatic carbocycles. The second kappa shape index (κ2) is 9.70. The first-order chi connectivity index (χ1) is 15.5. The standard InChI is InChI=1S/C23H26FN3O5S/c1-15(2)12-25-22(29)16(3)26(13-17-8-10-18(24)11-9-17)21(28)14-27-23(30)19-6-4-5-7-20(19)33(27,31)32/h4-11,15-16H,12-14H2,1-3H3,(H,25,29)/t16-/m1/s1. The number of carbonyl (C=O) groups is 3. The van der Waals surface area contributed by atoms with Crippen molar-refractivity contribution in [3.63, 3.8) is 0 Å². The van der Waals surface area contributed by atoms with E-state index in [1.807, 2.05) is 13.8 Å². The van der Waals surface area contributed by atoms with Crippen LogP contribution in [0.1, 0.15) is 36.7 Å². The van der Waals surface area contributed by atoms with Gasteiger partial charge in [0, 0.05) is 13.1 Å². The Morgan fingerprint density at radius 1 is 1.06 bits per heavy atom. The molecule has 176 valence electrons. The number of amides is 3. The van der Waals surface area contributed by atoms with Crippen molar-refractivity contribution in [2.45, 2.75) is 38.3 Å². The SMILES string of the molecule is CC(C)CNC(=O)[C@@H](C)N(Cc1ccc(F)cc1)C(=O)CN1C(=O)c2ccccc2S1(=O)=O. The number of carbonyl (C=O) groups excluding carboxylic acids is 3. The van der Waals surface area contributed by atoms with E-state index in [4.69, 9.17) is 0 Å². The van der Waals surface area contributed by atoms with Gasteiger partial charge in [-0.15, -0.1) is 0 Å². The Hall–Kier alpha value is -3.27. The predicted molar refractivity (Wildman–Crippen MR) is 119 cm³/mol. The summed E-state index contributed by atoms with van der Waals surface area (Å²) in [5, 5.41) is 2.75. The van der Waals surface area contributed by atoms with Crippen LogP contribution in [0.25, 0.3) is 0 Å². The van der Waals surface area contributed by atoms with E-state index < -0.39 is 46.1 Å². The lowest BCUT2D eigenvalue weighted by Gasteiger charge is -2.30. The van der Waals surface area contributed by atoms with Gasteiger partial charge in [-0.2, -0.15) is 0 Å². The van der Waals surface area contributed by atoms with Crippen molar-refractivity contribution in [1.82, 2.24) is 14.5 Å². The van der Waals surface area contributed by atoms with Crippen LogP contribution >= 0.6 is 0 Å². The molecule has 3 rings (SSSR count). The fourth-order valence-corrected chi connectivity index (χ4v) is 4.94. The van der Waals surface area contributed by atoms with Crippen molar-refractivity contribution in [3.05, 3.63) is 65.5 Å². The van der Waals surface area contributed by atoms with Crippen molar-refractivity contribution in [1.29, 1.82) is 0 Å². The Morgan fingerprint density at radius 3 is 2.30 bits per heavy atom. The molecule has 0 saturated carbocycles. The third-order valence-corrected chi connectivity index (χ3v) is 7.10. The molecule has 0 fully saturated rings. The molecule has 1 N–H and O–H groups in total. The van der Waals surface area contributed by atoms with Crippen LogP contribution in [0.2, 0.25) is 0 Å². The summed E-state index contributed by atoms with van der Waals surface area (Å²) < 4.78 is 39.5. The van der Waals surface area contributed by atoms with Gasteiger partial charge in [0.25, 0.3) is 15.9 Å². The molecule has 1 heterocycles. The Kier molecular flexibility index (Phi) is 7.16. The first-order valence-corrected chi connectivity index (χ1v) is 11.9. The monoisotopic (exact) mass is 475 g/mol. The number of rotatable bonds is 8. The van der Waals surface area contributed by atoms with Gasteiger partial charge in [0.05, 0.1) is 5.56 Å². The maximum Gasteiger partial charge on any atom is 0.269 e. The topological polar surface area (TPSA) is 104 Å². The number of nitrogens with one attached hydrogen (secondary N) is 1. The van der Waals surface area contributed by atoms with Crippen LogP contribution in [0.15, 0.2) is 53.4 Å². The van der Waals surface area contributed by atoms with E-state index in [1.54, 1.807) is 6.07 Å². The number of hydrogen-bond acceptors (Lipinski definition) is 5. The molecular weight excluding hydrogens is 449 g/mol. The highest BCUT2D eigenvalue weighted by Crippen LogP contribution is 2.30. The quantitative estimate of drug-likeness (QED) is 0.630. The summed E-state index contributed by atoms with van der Waals surface area (Å²) >= 11 is 0. The van der Waals surface area contributed by atoms with E-state index in [0.29, 0.717) is 16.4 Å². The van der Waals surface area contributed by atoms with Gasteiger partial charge in [0.1, 0.15) is 23.3 Å². The number of sulfonamides is 1. The lowest BCUT2D eigenvalue weighted by Crippen LogP contribution is -2.51. The molecule has 33 heavy (non-hydrogen) atoms. The van der Waals surface area contributed by atoms with Gasteiger partial charge in [-0.3, -0.25) is 14.4 Å². The van der Waals surface area contributed by atoms with Crippen LogP contribution in [-0.2, 0) is 26.2 Å². The molecule has 2 aromatic rings. The summed E-state index contributed by atoms with van der Waals surface area (Å²) in [5.41, 5.74) is 0.547. The Morgan fingerprint density at radius 2 is 1.70 bits per heavy atom. The van der Waals surface area contributed by atoms with E-state index in [1.165, 1.54) is 54.3 Å². The van der Waals surface area contributed by atoms with Crippen molar-refractivity contribution in [2.75, 3.05) is 13.1 Å². The highest BCUT2D eigenvalue weighted by atomic mass is 32.2. The molecule has 0 radical (unpaired) electrons. The van der Waals surface area contributed by atoms with Gasteiger partial charge in [0.15, 0.2) is 0 Å². The van der Waals surface area contributed by atoms with Crippen molar-refractivity contribution in [2.24, 2.45) is 5.92 Å². The molecule has 0 bridgehead atoms. The van der Waals surface area contributed by atoms with Crippen molar-refractivity contribution in [3.8, 4) is 0 Å². The van der Waals surface area contributed by atoms with Crippen LogP contribution in [0.3, 0.4) is 0 Å². The van der Waals surface area contributed by atoms with E-state index in [2.05, 4.69) is 5.32 Å². The average molecular weight is 476 g/mol. The summed E-state index contributed by atoms with van der Waals surface area (Å²) in [7, 11) is -4.18. The maximum atomic E-state index is 13.3. The van der Waals surface area contributed by atoms with E-state index >= 15 is 0 Å². The Labute approximate surface area is 192 Å². The third-order valence-electron chi connectivity index (χ3n) is 5.31. The lowest BCUT2D eigenvalue weighted by molar-refractivity contribution is -0.140. The molecule has 3 amide bonds. The summed E-state index contributed by atoms with van der Waals surface area (Å²) in [6.07, 6.45) is 0. The van der Waals surface area contributed by atoms with E-state index in [9.17, 15) is 27.2 Å². The number of hydrogen-bond donors (Lipinski definition) is 1. The number of benzene rings is 2. The Bertz CT molecular complexity index is 1160. The summed E-state index contributed by atoms with van der Waals surface area (Å²) in [4.78, 5) is 39.7. The lowest BCUT2D eigenvalue weighted by atomic mass is 10.1. The van der Waals surface area contributed by atoms with Gasteiger partial charge in [-0.1, -0.05) is 38.1 Å². The predicted octanol–water partition coefficient (Wildman–Crippen LogP) is 2.16. The van der Waals surface area contributed by atoms with Crippen LogP contribution < -0.4 is 5.32 Å². The molecule has 0 unspecified atom stereocenters. The zero-order valence-electron chi connectivity index (χ0n) is 18.6. The van der Waals surface area contributed by atoms with Gasteiger partial charge >= 0.3 is 0 Å². The number of nitrogens with zero attached hydrogens (tertiary/aromatic N) is 2. The van der Waals surface area contributed by atoms with E-state index in [0.717, 1.165) is 0 Å². The first-order valence-electron chi connectivity index (χ1n) is 10.5. The summed E-state index contributed by atoms with van der Waals surface area (Å²) in [6, 6.07) is 10.2. The normalized spacial score (nSPS) is 15.3. The molecule has 0 spiro atoms. The maximum absolute atomic E-state index is 13.3. The van der Waals surface area contributed by atoms with Crippen LogP contribution in [0.4, 0.5) is 4.39 Å². The molecule has 1 aliphatic rings. The molecule has 8 nitrogen and oxygen atoms in total. The van der Waals surface area contributed by atoms with Gasteiger partial charge in [0.2, 0.25) is 11.8 Å². The fraction of sp³-hybridized carbons (Fsp3) is 0.348. The Balaban J connectivity index is 1.86. The van der Waals surface area contributed by atoms with Crippen LogP contribution in [0, 0.1) is 11.7 Å². The molecule has 1 aliphatic heterocycles. The minimum Gasteiger partial charge on any atom is -0.354 e. The van der Waals surface area contributed by atoms with Gasteiger partial charge in [-0.05, 0) is 42.7 Å². The second-order valence-electron chi connectivity index (χ2n) is 8.28. The highest BCUT2D eigenvalue weighted by Gasteiger charge is 2.43. The third kappa shape index (κ3) is 5.22. The zero-order valence-corrected chi connectivity index (χ0v) is 19.4. The van der Waals surface area contributed by atoms with Crippen LogP contribution in [0.5, 0.6) is 0 Å². The summed E-state index contributed by atoms with van der Waals surface area (Å²) in [5.74, 6) is -2.20. The van der Waals surface area contributed by atoms with Gasteiger partial charge in [-0.25, -0.2) is 17.1 Å². The number of fused-ring (bicyclic) bond motifs is 1. The van der Waals surface area contributed by atoms with Crippen molar-refractivity contribution >= 4 is 27.7 Å². The first kappa shape index (κ1) is 24.4.